The molecule has 1 fully saturated rings. The van der Waals surface area contributed by atoms with Crippen LogP contribution in [0, 0.1) is 0 Å². The van der Waals surface area contributed by atoms with Crippen LogP contribution in [0.25, 0.3) is 0 Å². The Balaban J connectivity index is 2.17. The van der Waals surface area contributed by atoms with E-state index in [1.165, 1.54) is 4.90 Å². The van der Waals surface area contributed by atoms with Gasteiger partial charge in [-0.2, -0.15) is 0 Å². The number of carbonyl (C=O) groups excluding carboxylic acids is 2. The topological polar surface area (TPSA) is 71.1 Å². The Kier molecular flexibility index (Phi) is 5.08. The molecular weight excluding hydrogens is 286 g/mol. The van der Waals surface area contributed by atoms with Gasteiger partial charge in [-0.15, -0.1) is 0 Å². The third kappa shape index (κ3) is 3.24. The average Bonchev–Trinajstić information content (AvgIpc) is 2.87. The molecule has 1 aromatic rings. The van der Waals surface area contributed by atoms with Gasteiger partial charge < -0.3 is 19.7 Å². The van der Waals surface area contributed by atoms with Gasteiger partial charge in [-0.3, -0.25) is 9.69 Å². The summed E-state index contributed by atoms with van der Waals surface area (Å²) < 4.78 is 10.5. The zero-order valence-corrected chi connectivity index (χ0v) is 13.1. The molecule has 7 heteroatoms. The van der Waals surface area contributed by atoms with Crippen LogP contribution in [0.2, 0.25) is 0 Å². The molecule has 0 unspecified atom stereocenters. The summed E-state index contributed by atoms with van der Waals surface area (Å²) in [6, 6.07) is 5.08. The van der Waals surface area contributed by atoms with Gasteiger partial charge in [0.2, 0.25) is 5.91 Å². The van der Waals surface area contributed by atoms with Gasteiger partial charge in [-0.1, -0.05) is 0 Å². The van der Waals surface area contributed by atoms with Crippen molar-refractivity contribution in [2.75, 3.05) is 45.3 Å². The normalized spacial score (nSPS) is 14.2. The van der Waals surface area contributed by atoms with E-state index in [9.17, 15) is 9.59 Å². The molecule has 0 radical (unpaired) electrons. The van der Waals surface area contributed by atoms with Crippen LogP contribution < -0.4 is 19.7 Å². The minimum atomic E-state index is -0.210. The fourth-order valence-corrected chi connectivity index (χ4v) is 2.39. The summed E-state index contributed by atoms with van der Waals surface area (Å²) in [4.78, 5) is 27.2. The lowest BCUT2D eigenvalue weighted by atomic mass is 10.2. The fraction of sp³-hybridized carbons (Fsp3) is 0.467. The molecule has 0 aromatic heterocycles. The standard InChI is InChI=1S/C15H21N3O4/c1-4-16-14(19)10-17-7-8-18(15(17)20)12-9-11(21-2)5-6-13(12)22-3/h5-6,9H,4,7-8,10H2,1-3H3,(H,16,19). The van der Waals surface area contributed by atoms with Crippen molar-refractivity contribution in [1.82, 2.24) is 10.2 Å². The maximum absolute atomic E-state index is 12.5. The maximum Gasteiger partial charge on any atom is 0.325 e. The predicted molar refractivity (Wildman–Crippen MR) is 82.5 cm³/mol. The fourth-order valence-electron chi connectivity index (χ4n) is 2.39. The van der Waals surface area contributed by atoms with Gasteiger partial charge in [0, 0.05) is 25.7 Å². The molecule has 0 saturated carbocycles. The van der Waals surface area contributed by atoms with Crippen molar-refractivity contribution in [2.45, 2.75) is 6.92 Å². The Bertz CT molecular complexity index is 562. The van der Waals surface area contributed by atoms with Crippen LogP contribution in [0.1, 0.15) is 6.92 Å². The number of hydrogen-bond donors (Lipinski definition) is 1. The van der Waals surface area contributed by atoms with Gasteiger partial charge in [-0.25, -0.2) is 4.79 Å². The van der Waals surface area contributed by atoms with E-state index >= 15 is 0 Å². The van der Waals surface area contributed by atoms with E-state index in [0.717, 1.165) is 0 Å². The highest BCUT2D eigenvalue weighted by Gasteiger charge is 2.32. The SMILES string of the molecule is CCNC(=O)CN1CCN(c2cc(OC)ccc2OC)C1=O. The van der Waals surface area contributed by atoms with Crippen molar-refractivity contribution in [3.8, 4) is 11.5 Å². The number of nitrogens with one attached hydrogen (secondary N) is 1. The summed E-state index contributed by atoms with van der Waals surface area (Å²) in [5.41, 5.74) is 0.644. The summed E-state index contributed by atoms with van der Waals surface area (Å²) in [6.45, 7) is 3.46. The second-order valence-corrected chi connectivity index (χ2v) is 4.85. The first kappa shape index (κ1) is 15.9. The number of methoxy groups -OCH3 is 2. The number of hydrogen-bond acceptors (Lipinski definition) is 4. The van der Waals surface area contributed by atoms with Crippen LogP contribution >= 0.6 is 0 Å². The largest absolute Gasteiger partial charge is 0.497 e. The molecule has 1 aromatic carbocycles. The third-order valence-corrected chi connectivity index (χ3v) is 3.48. The van der Waals surface area contributed by atoms with Crippen LogP contribution in [-0.4, -0.2) is 57.2 Å². The van der Waals surface area contributed by atoms with Crippen molar-refractivity contribution in [1.29, 1.82) is 0 Å². The number of ether oxygens (including phenoxy) is 2. The second-order valence-electron chi connectivity index (χ2n) is 4.85. The number of carbonyl (C=O) groups is 2. The molecule has 0 aliphatic carbocycles. The Labute approximate surface area is 129 Å². The van der Waals surface area contributed by atoms with E-state index in [-0.39, 0.29) is 18.5 Å². The number of benzene rings is 1. The zero-order chi connectivity index (χ0) is 16.1. The van der Waals surface area contributed by atoms with Gasteiger partial charge >= 0.3 is 6.03 Å². The summed E-state index contributed by atoms with van der Waals surface area (Å²) >= 11 is 0. The number of rotatable bonds is 6. The third-order valence-electron chi connectivity index (χ3n) is 3.48. The van der Waals surface area contributed by atoms with Crippen LogP contribution in [0.5, 0.6) is 11.5 Å². The van der Waals surface area contributed by atoms with E-state index in [0.29, 0.717) is 36.8 Å². The minimum absolute atomic E-state index is 0.0649. The molecule has 120 valence electrons. The Morgan fingerprint density at radius 3 is 2.68 bits per heavy atom. The van der Waals surface area contributed by atoms with E-state index in [1.807, 2.05) is 6.92 Å². The Morgan fingerprint density at radius 2 is 2.05 bits per heavy atom. The summed E-state index contributed by atoms with van der Waals surface area (Å²) in [7, 11) is 3.12. The highest BCUT2D eigenvalue weighted by molar-refractivity contribution is 5.97. The first-order valence-corrected chi connectivity index (χ1v) is 7.15. The maximum atomic E-state index is 12.5. The predicted octanol–water partition coefficient (Wildman–Crippen LogP) is 1.08. The molecular formula is C15H21N3O4. The summed E-state index contributed by atoms with van der Waals surface area (Å²) in [5, 5.41) is 2.69. The Morgan fingerprint density at radius 1 is 1.27 bits per heavy atom. The van der Waals surface area contributed by atoms with Crippen LogP contribution in [0.4, 0.5) is 10.5 Å². The molecule has 2 rings (SSSR count). The zero-order valence-electron chi connectivity index (χ0n) is 13.1. The minimum Gasteiger partial charge on any atom is -0.497 e. The number of nitrogens with zero attached hydrogens (tertiary/aromatic N) is 2. The highest BCUT2D eigenvalue weighted by Crippen LogP contribution is 2.34. The lowest BCUT2D eigenvalue weighted by Crippen LogP contribution is -2.39. The van der Waals surface area contributed by atoms with Crippen molar-refractivity contribution in [3.05, 3.63) is 18.2 Å². The monoisotopic (exact) mass is 307 g/mol. The first-order chi connectivity index (χ1) is 10.6. The molecule has 0 atom stereocenters. The number of amides is 3. The molecule has 3 amide bonds. The molecule has 1 saturated heterocycles. The molecule has 1 heterocycles. The van der Waals surface area contributed by atoms with Crippen molar-refractivity contribution in [2.24, 2.45) is 0 Å². The van der Waals surface area contributed by atoms with E-state index in [2.05, 4.69) is 5.32 Å². The van der Waals surface area contributed by atoms with E-state index < -0.39 is 0 Å². The molecule has 0 bridgehead atoms. The molecule has 22 heavy (non-hydrogen) atoms. The van der Waals surface area contributed by atoms with E-state index in [1.54, 1.807) is 37.3 Å². The van der Waals surface area contributed by atoms with Crippen LogP contribution in [0.15, 0.2) is 18.2 Å². The highest BCUT2D eigenvalue weighted by atomic mass is 16.5. The van der Waals surface area contributed by atoms with Gasteiger partial charge in [0.25, 0.3) is 0 Å². The molecule has 1 aliphatic rings. The molecule has 1 aliphatic heterocycles. The van der Waals surface area contributed by atoms with Crippen molar-refractivity contribution < 1.29 is 19.1 Å². The molecule has 1 N–H and O–H groups in total. The van der Waals surface area contributed by atoms with Crippen molar-refractivity contribution >= 4 is 17.6 Å². The van der Waals surface area contributed by atoms with Crippen LogP contribution in [-0.2, 0) is 4.79 Å². The lowest BCUT2D eigenvalue weighted by molar-refractivity contribution is -0.121. The smallest absolute Gasteiger partial charge is 0.325 e. The van der Waals surface area contributed by atoms with Gasteiger partial charge in [0.05, 0.1) is 19.9 Å². The quantitative estimate of drug-likeness (QED) is 0.854. The van der Waals surface area contributed by atoms with Gasteiger partial charge in [-0.05, 0) is 19.1 Å². The van der Waals surface area contributed by atoms with E-state index in [4.69, 9.17) is 9.47 Å². The summed E-state index contributed by atoms with van der Waals surface area (Å²) in [5.74, 6) is 1.08. The second kappa shape index (κ2) is 7.02. The van der Waals surface area contributed by atoms with Crippen molar-refractivity contribution in [3.63, 3.8) is 0 Å². The number of urea groups is 1. The first-order valence-electron chi connectivity index (χ1n) is 7.15. The Hall–Kier alpha value is -2.44. The van der Waals surface area contributed by atoms with Gasteiger partial charge in [0.1, 0.15) is 18.0 Å². The van der Waals surface area contributed by atoms with Crippen LogP contribution in [0.3, 0.4) is 0 Å². The summed E-state index contributed by atoms with van der Waals surface area (Å²) in [6.07, 6.45) is 0. The number of likely N-dealkylation sites (N-methyl/N-ethyl adjacent to an activating group) is 1. The molecule has 0 spiro atoms. The number of anilines is 1. The molecule has 7 nitrogen and oxygen atoms in total. The average molecular weight is 307 g/mol. The van der Waals surface area contributed by atoms with Gasteiger partial charge in [0.15, 0.2) is 0 Å². The lowest BCUT2D eigenvalue weighted by Gasteiger charge is -2.20.